The van der Waals surface area contributed by atoms with Gasteiger partial charge in [0.2, 0.25) is 0 Å². The maximum absolute atomic E-state index is 12.5. The van der Waals surface area contributed by atoms with E-state index in [-0.39, 0.29) is 11.7 Å². The van der Waals surface area contributed by atoms with Gasteiger partial charge in [0, 0.05) is 19.3 Å². The van der Waals surface area contributed by atoms with Crippen LogP contribution in [0.5, 0.6) is 5.75 Å². The standard InChI is InChI=1S/C16H18N2O2/c1-11-4-3-5-14(17)15(11)16(20)18(2)10-12-6-8-13(19)9-7-12/h3-9,19H,10,17H2,1-2H3. The molecule has 104 valence electrons. The molecule has 0 fully saturated rings. The van der Waals surface area contributed by atoms with E-state index in [0.29, 0.717) is 17.8 Å². The summed E-state index contributed by atoms with van der Waals surface area (Å²) in [6.45, 7) is 2.34. The summed E-state index contributed by atoms with van der Waals surface area (Å²) in [6, 6.07) is 12.2. The van der Waals surface area contributed by atoms with Crippen LogP contribution < -0.4 is 5.73 Å². The van der Waals surface area contributed by atoms with Gasteiger partial charge in [0.15, 0.2) is 0 Å². The summed E-state index contributed by atoms with van der Waals surface area (Å²) in [6.07, 6.45) is 0. The molecule has 1 amide bonds. The van der Waals surface area contributed by atoms with Crippen molar-refractivity contribution in [2.24, 2.45) is 0 Å². The second-order valence-electron chi connectivity index (χ2n) is 4.87. The highest BCUT2D eigenvalue weighted by atomic mass is 16.3. The van der Waals surface area contributed by atoms with Crippen molar-refractivity contribution in [3.8, 4) is 5.75 Å². The average Bonchev–Trinajstić information content (AvgIpc) is 2.41. The fraction of sp³-hybridized carbons (Fsp3) is 0.188. The SMILES string of the molecule is Cc1cccc(N)c1C(=O)N(C)Cc1ccc(O)cc1. The van der Waals surface area contributed by atoms with Gasteiger partial charge in [0.1, 0.15) is 5.75 Å². The van der Waals surface area contributed by atoms with E-state index >= 15 is 0 Å². The molecule has 2 aromatic carbocycles. The van der Waals surface area contributed by atoms with Crippen molar-refractivity contribution in [2.45, 2.75) is 13.5 Å². The summed E-state index contributed by atoms with van der Waals surface area (Å²) in [5.74, 6) is 0.111. The van der Waals surface area contributed by atoms with Crippen LogP contribution in [0, 0.1) is 6.92 Å². The summed E-state index contributed by atoms with van der Waals surface area (Å²) in [5, 5.41) is 9.25. The van der Waals surface area contributed by atoms with Gasteiger partial charge < -0.3 is 15.7 Å². The van der Waals surface area contributed by atoms with Crippen LogP contribution in [0.1, 0.15) is 21.5 Å². The number of benzene rings is 2. The van der Waals surface area contributed by atoms with Crippen LogP contribution in [-0.2, 0) is 6.54 Å². The van der Waals surface area contributed by atoms with E-state index in [1.54, 1.807) is 42.3 Å². The molecule has 0 aliphatic carbocycles. The third kappa shape index (κ3) is 2.91. The average molecular weight is 270 g/mol. The Hall–Kier alpha value is -2.49. The summed E-state index contributed by atoms with van der Waals surface area (Å²) >= 11 is 0. The van der Waals surface area contributed by atoms with Gasteiger partial charge in [0.25, 0.3) is 5.91 Å². The summed E-state index contributed by atoms with van der Waals surface area (Å²) in [4.78, 5) is 14.1. The zero-order chi connectivity index (χ0) is 14.7. The number of hydrogen-bond donors (Lipinski definition) is 2. The van der Waals surface area contributed by atoms with Crippen molar-refractivity contribution in [2.75, 3.05) is 12.8 Å². The molecule has 0 radical (unpaired) electrons. The van der Waals surface area contributed by atoms with Crippen LogP contribution >= 0.6 is 0 Å². The third-order valence-corrected chi connectivity index (χ3v) is 3.22. The number of nitrogen functional groups attached to an aromatic ring is 1. The Kier molecular flexibility index (Phi) is 3.94. The number of phenolic OH excluding ortho intramolecular Hbond substituents is 1. The third-order valence-electron chi connectivity index (χ3n) is 3.22. The number of anilines is 1. The minimum absolute atomic E-state index is 0.103. The maximum Gasteiger partial charge on any atom is 0.256 e. The molecule has 0 spiro atoms. The minimum atomic E-state index is -0.103. The van der Waals surface area contributed by atoms with E-state index in [9.17, 15) is 9.90 Å². The molecule has 0 aliphatic rings. The molecular weight excluding hydrogens is 252 g/mol. The van der Waals surface area contributed by atoms with Gasteiger partial charge in [-0.1, -0.05) is 24.3 Å². The van der Waals surface area contributed by atoms with Crippen LogP contribution in [0.3, 0.4) is 0 Å². The second kappa shape index (κ2) is 5.65. The van der Waals surface area contributed by atoms with Gasteiger partial charge in [-0.05, 0) is 36.2 Å². The molecule has 3 N–H and O–H groups in total. The van der Waals surface area contributed by atoms with Crippen molar-refractivity contribution in [1.82, 2.24) is 4.90 Å². The van der Waals surface area contributed by atoms with Gasteiger partial charge in [0.05, 0.1) is 5.56 Å². The van der Waals surface area contributed by atoms with Crippen LogP contribution in [0.25, 0.3) is 0 Å². The Morgan fingerprint density at radius 1 is 1.20 bits per heavy atom. The molecule has 20 heavy (non-hydrogen) atoms. The highest BCUT2D eigenvalue weighted by Crippen LogP contribution is 2.19. The van der Waals surface area contributed by atoms with Crippen molar-refractivity contribution in [1.29, 1.82) is 0 Å². The van der Waals surface area contributed by atoms with E-state index in [1.807, 2.05) is 19.1 Å². The quantitative estimate of drug-likeness (QED) is 0.842. The predicted octanol–water partition coefficient (Wildman–Crippen LogP) is 2.56. The Bertz CT molecular complexity index is 601. The molecule has 2 rings (SSSR count). The predicted molar refractivity (Wildman–Crippen MR) is 79.5 cm³/mol. The van der Waals surface area contributed by atoms with Crippen LogP contribution in [0.15, 0.2) is 42.5 Å². The molecule has 4 heteroatoms. The Balaban J connectivity index is 2.18. The van der Waals surface area contributed by atoms with E-state index in [2.05, 4.69) is 0 Å². The molecule has 0 atom stereocenters. The lowest BCUT2D eigenvalue weighted by Crippen LogP contribution is -2.27. The number of nitrogens with zero attached hydrogens (tertiary/aromatic N) is 1. The zero-order valence-corrected chi connectivity index (χ0v) is 11.6. The number of nitrogens with two attached hydrogens (primary N) is 1. The normalized spacial score (nSPS) is 10.3. The number of aromatic hydroxyl groups is 1. The lowest BCUT2D eigenvalue weighted by atomic mass is 10.1. The molecule has 4 nitrogen and oxygen atoms in total. The molecule has 0 aliphatic heterocycles. The van der Waals surface area contributed by atoms with Crippen molar-refractivity contribution in [3.05, 3.63) is 59.2 Å². The lowest BCUT2D eigenvalue weighted by Gasteiger charge is -2.19. The van der Waals surface area contributed by atoms with Gasteiger partial charge in [-0.15, -0.1) is 0 Å². The smallest absolute Gasteiger partial charge is 0.256 e. The van der Waals surface area contributed by atoms with Crippen LogP contribution in [0.2, 0.25) is 0 Å². The summed E-state index contributed by atoms with van der Waals surface area (Å²) in [7, 11) is 1.74. The zero-order valence-electron chi connectivity index (χ0n) is 11.6. The number of rotatable bonds is 3. The first-order valence-corrected chi connectivity index (χ1v) is 6.37. The van der Waals surface area contributed by atoms with Crippen LogP contribution in [0.4, 0.5) is 5.69 Å². The van der Waals surface area contributed by atoms with E-state index in [1.165, 1.54) is 0 Å². The molecule has 0 bridgehead atoms. The van der Waals surface area contributed by atoms with Crippen molar-refractivity contribution >= 4 is 11.6 Å². The van der Waals surface area contributed by atoms with E-state index in [4.69, 9.17) is 5.73 Å². The first-order chi connectivity index (χ1) is 9.49. The lowest BCUT2D eigenvalue weighted by molar-refractivity contribution is 0.0785. The second-order valence-corrected chi connectivity index (χ2v) is 4.87. The first-order valence-electron chi connectivity index (χ1n) is 6.37. The molecule has 0 saturated carbocycles. The largest absolute Gasteiger partial charge is 0.508 e. The number of hydrogen-bond acceptors (Lipinski definition) is 3. The number of phenols is 1. The van der Waals surface area contributed by atoms with Gasteiger partial charge in [-0.25, -0.2) is 0 Å². The van der Waals surface area contributed by atoms with Gasteiger partial charge >= 0.3 is 0 Å². The number of aryl methyl sites for hydroxylation is 1. The highest BCUT2D eigenvalue weighted by Gasteiger charge is 2.17. The van der Waals surface area contributed by atoms with Crippen LogP contribution in [-0.4, -0.2) is 23.0 Å². The number of carbonyl (C=O) groups excluding carboxylic acids is 1. The monoisotopic (exact) mass is 270 g/mol. The maximum atomic E-state index is 12.5. The van der Waals surface area contributed by atoms with Crippen molar-refractivity contribution < 1.29 is 9.90 Å². The van der Waals surface area contributed by atoms with E-state index in [0.717, 1.165) is 11.1 Å². The number of amides is 1. The summed E-state index contributed by atoms with van der Waals surface area (Å²) < 4.78 is 0. The topological polar surface area (TPSA) is 66.6 Å². The molecule has 0 heterocycles. The van der Waals surface area contributed by atoms with Gasteiger partial charge in [-0.2, -0.15) is 0 Å². The Morgan fingerprint density at radius 3 is 2.45 bits per heavy atom. The molecule has 0 unspecified atom stereocenters. The first kappa shape index (κ1) is 13.9. The number of carbonyl (C=O) groups is 1. The Labute approximate surface area is 118 Å². The molecular formula is C16H18N2O2. The molecule has 0 saturated heterocycles. The van der Waals surface area contributed by atoms with Crippen molar-refractivity contribution in [3.63, 3.8) is 0 Å². The molecule has 2 aromatic rings. The summed E-state index contributed by atoms with van der Waals surface area (Å²) in [5.41, 5.74) is 8.75. The van der Waals surface area contributed by atoms with E-state index < -0.39 is 0 Å². The minimum Gasteiger partial charge on any atom is -0.508 e. The Morgan fingerprint density at radius 2 is 1.85 bits per heavy atom. The molecule has 0 aromatic heterocycles. The van der Waals surface area contributed by atoms with Gasteiger partial charge in [-0.3, -0.25) is 4.79 Å². The highest BCUT2D eigenvalue weighted by molar-refractivity contribution is 6.00. The fourth-order valence-corrected chi connectivity index (χ4v) is 2.12. The fourth-order valence-electron chi connectivity index (χ4n) is 2.12.